The van der Waals surface area contributed by atoms with Gasteiger partial charge in [-0.15, -0.1) is 0 Å². The van der Waals surface area contributed by atoms with E-state index in [1.54, 1.807) is 13.2 Å². The maximum absolute atomic E-state index is 11.2. The lowest BCUT2D eigenvalue weighted by molar-refractivity contribution is -0.125. The molecule has 1 N–H and O–H groups in total. The number of rotatable bonds is 6. The van der Waals surface area contributed by atoms with Crippen LogP contribution in [0.4, 0.5) is 0 Å². The van der Waals surface area contributed by atoms with Crippen LogP contribution in [-0.2, 0) is 20.4 Å². The Hall–Kier alpha value is -0.710. The summed E-state index contributed by atoms with van der Waals surface area (Å²) in [5.41, 5.74) is 0. The van der Waals surface area contributed by atoms with Crippen LogP contribution in [0.3, 0.4) is 0 Å². The van der Waals surface area contributed by atoms with E-state index in [0.29, 0.717) is 5.75 Å². The second kappa shape index (κ2) is 6.70. The Labute approximate surface area is 86.9 Å². The Morgan fingerprint density at radius 1 is 1.36 bits per heavy atom. The summed E-state index contributed by atoms with van der Waals surface area (Å²) >= 11 is 0. The molecule has 0 rings (SSSR count). The van der Waals surface area contributed by atoms with E-state index in [9.17, 15) is 13.8 Å². The van der Waals surface area contributed by atoms with Crippen molar-refractivity contribution >= 4 is 22.5 Å². The standard InChI is InChI=1S/C9H17NO3S/c1-7(6-14(3)13)10-9(12)5-4-8(2)11/h7H,4-6H2,1-3H3,(H,10,12). The van der Waals surface area contributed by atoms with Crippen LogP contribution in [0.25, 0.3) is 0 Å². The van der Waals surface area contributed by atoms with E-state index >= 15 is 0 Å². The van der Waals surface area contributed by atoms with Gasteiger partial charge in [0.2, 0.25) is 5.91 Å². The van der Waals surface area contributed by atoms with E-state index < -0.39 is 10.8 Å². The summed E-state index contributed by atoms with van der Waals surface area (Å²) in [5, 5.41) is 2.68. The largest absolute Gasteiger partial charge is 0.353 e. The first kappa shape index (κ1) is 13.3. The summed E-state index contributed by atoms with van der Waals surface area (Å²) in [5.74, 6) is 0.302. The van der Waals surface area contributed by atoms with E-state index in [-0.39, 0.29) is 30.6 Å². The van der Waals surface area contributed by atoms with Crippen LogP contribution in [0.1, 0.15) is 26.7 Å². The Morgan fingerprint density at radius 3 is 2.36 bits per heavy atom. The van der Waals surface area contributed by atoms with Gasteiger partial charge < -0.3 is 10.1 Å². The highest BCUT2D eigenvalue weighted by Gasteiger charge is 2.09. The van der Waals surface area contributed by atoms with E-state index in [4.69, 9.17) is 0 Å². The number of hydrogen-bond donors (Lipinski definition) is 1. The summed E-state index contributed by atoms with van der Waals surface area (Å²) in [6.45, 7) is 3.25. The number of hydrogen-bond acceptors (Lipinski definition) is 3. The second-order valence-electron chi connectivity index (χ2n) is 3.41. The fraction of sp³-hybridized carbons (Fsp3) is 0.778. The van der Waals surface area contributed by atoms with E-state index in [2.05, 4.69) is 5.32 Å². The molecule has 0 aromatic heterocycles. The molecule has 0 aliphatic carbocycles. The minimum atomic E-state index is -0.906. The molecule has 0 bridgehead atoms. The van der Waals surface area contributed by atoms with Gasteiger partial charge in [-0.2, -0.15) is 0 Å². The molecule has 0 heterocycles. The van der Waals surface area contributed by atoms with Crippen LogP contribution in [0.15, 0.2) is 0 Å². The van der Waals surface area contributed by atoms with E-state index in [1.807, 2.05) is 0 Å². The molecule has 0 fully saturated rings. The minimum Gasteiger partial charge on any atom is -0.353 e. The number of nitrogens with one attached hydrogen (secondary N) is 1. The van der Waals surface area contributed by atoms with Crippen molar-refractivity contribution in [2.24, 2.45) is 0 Å². The lowest BCUT2D eigenvalue weighted by atomic mass is 10.2. The lowest BCUT2D eigenvalue weighted by Gasteiger charge is -2.11. The summed E-state index contributed by atoms with van der Waals surface area (Å²) in [6.07, 6.45) is 2.09. The van der Waals surface area contributed by atoms with Crippen LogP contribution in [0.5, 0.6) is 0 Å². The molecule has 82 valence electrons. The first-order valence-corrected chi connectivity index (χ1v) is 6.23. The topological polar surface area (TPSA) is 63.2 Å². The van der Waals surface area contributed by atoms with Crippen molar-refractivity contribution < 1.29 is 13.8 Å². The minimum absolute atomic E-state index is 0.00636. The first-order chi connectivity index (χ1) is 6.41. The zero-order valence-corrected chi connectivity index (χ0v) is 9.65. The van der Waals surface area contributed by atoms with Gasteiger partial charge in [0.15, 0.2) is 0 Å². The number of carbonyl (C=O) groups excluding carboxylic acids is 2. The van der Waals surface area contributed by atoms with E-state index in [0.717, 1.165) is 0 Å². The van der Waals surface area contributed by atoms with E-state index in [1.165, 1.54) is 6.92 Å². The third-order valence-electron chi connectivity index (χ3n) is 1.60. The van der Waals surface area contributed by atoms with Crippen LogP contribution in [0.2, 0.25) is 0 Å². The molecule has 0 aliphatic rings. The van der Waals surface area contributed by atoms with Gasteiger partial charge >= 0.3 is 0 Å². The zero-order valence-electron chi connectivity index (χ0n) is 8.83. The molecule has 0 saturated carbocycles. The van der Waals surface area contributed by atoms with Gasteiger partial charge in [-0.25, -0.2) is 0 Å². The Kier molecular flexibility index (Phi) is 6.36. The van der Waals surface area contributed by atoms with Crippen molar-refractivity contribution in [1.82, 2.24) is 5.32 Å². The number of carbonyl (C=O) groups is 2. The molecule has 2 unspecified atom stereocenters. The molecule has 0 spiro atoms. The smallest absolute Gasteiger partial charge is 0.220 e. The molecule has 2 atom stereocenters. The highest BCUT2D eigenvalue weighted by Crippen LogP contribution is 1.92. The van der Waals surface area contributed by atoms with Crippen molar-refractivity contribution in [3.05, 3.63) is 0 Å². The third kappa shape index (κ3) is 7.91. The first-order valence-electron chi connectivity index (χ1n) is 4.50. The van der Waals surface area contributed by atoms with Crippen LogP contribution in [0, 0.1) is 0 Å². The van der Waals surface area contributed by atoms with Gasteiger partial charge in [0.1, 0.15) is 5.78 Å². The van der Waals surface area contributed by atoms with Gasteiger partial charge in [-0.1, -0.05) is 0 Å². The van der Waals surface area contributed by atoms with Gasteiger partial charge in [-0.3, -0.25) is 9.00 Å². The Balaban J connectivity index is 3.71. The third-order valence-corrected chi connectivity index (χ3v) is 2.57. The molecular weight excluding hydrogens is 202 g/mol. The normalized spacial score (nSPS) is 14.5. The van der Waals surface area contributed by atoms with Gasteiger partial charge in [0.05, 0.1) is 0 Å². The molecule has 5 heteroatoms. The molecule has 0 aromatic carbocycles. The predicted octanol–water partition coefficient (Wildman–Crippen LogP) is 0.239. The Morgan fingerprint density at radius 2 is 1.93 bits per heavy atom. The van der Waals surface area contributed by atoms with Crippen molar-refractivity contribution in [1.29, 1.82) is 0 Å². The molecular formula is C9H17NO3S. The fourth-order valence-electron chi connectivity index (χ4n) is 1.03. The predicted molar refractivity (Wildman–Crippen MR) is 56.5 cm³/mol. The van der Waals surface area contributed by atoms with Crippen molar-refractivity contribution in [2.75, 3.05) is 12.0 Å². The summed E-state index contributed by atoms with van der Waals surface area (Å²) in [4.78, 5) is 21.8. The Bertz CT molecular complexity index is 240. The van der Waals surface area contributed by atoms with Crippen molar-refractivity contribution in [3.63, 3.8) is 0 Å². The number of Topliss-reactive ketones (excluding diaryl/α,β-unsaturated/α-hetero) is 1. The summed E-state index contributed by atoms with van der Waals surface area (Å²) < 4.78 is 10.8. The average Bonchev–Trinajstić information content (AvgIpc) is 1.98. The molecule has 14 heavy (non-hydrogen) atoms. The fourth-order valence-corrected chi connectivity index (χ4v) is 1.82. The molecule has 0 aromatic rings. The quantitative estimate of drug-likeness (QED) is 0.696. The maximum atomic E-state index is 11.2. The zero-order chi connectivity index (χ0) is 11.1. The van der Waals surface area contributed by atoms with Gasteiger partial charge in [0.25, 0.3) is 0 Å². The van der Waals surface area contributed by atoms with Crippen LogP contribution < -0.4 is 5.32 Å². The molecule has 1 amide bonds. The highest BCUT2D eigenvalue weighted by atomic mass is 32.2. The second-order valence-corrected chi connectivity index (χ2v) is 4.89. The summed E-state index contributed by atoms with van der Waals surface area (Å²) in [6, 6.07) is -0.0970. The summed E-state index contributed by atoms with van der Waals surface area (Å²) in [7, 11) is -0.906. The molecule has 0 aliphatic heterocycles. The number of ketones is 1. The molecule has 4 nitrogen and oxygen atoms in total. The average molecular weight is 219 g/mol. The maximum Gasteiger partial charge on any atom is 0.220 e. The van der Waals surface area contributed by atoms with Gasteiger partial charge in [-0.05, 0) is 13.8 Å². The highest BCUT2D eigenvalue weighted by molar-refractivity contribution is 7.84. The van der Waals surface area contributed by atoms with Crippen LogP contribution >= 0.6 is 0 Å². The van der Waals surface area contributed by atoms with Crippen LogP contribution in [-0.4, -0.2) is 33.9 Å². The van der Waals surface area contributed by atoms with Crippen molar-refractivity contribution in [3.8, 4) is 0 Å². The van der Waals surface area contributed by atoms with Crippen molar-refractivity contribution in [2.45, 2.75) is 32.7 Å². The molecule has 0 radical (unpaired) electrons. The lowest BCUT2D eigenvalue weighted by Crippen LogP contribution is -2.36. The monoisotopic (exact) mass is 219 g/mol. The molecule has 0 saturated heterocycles. The SMILES string of the molecule is CC(=O)CCC(=O)NC(C)CS(C)=O. The number of amides is 1. The van der Waals surface area contributed by atoms with Gasteiger partial charge in [0, 0.05) is 41.7 Å².